The minimum absolute atomic E-state index is 0.122. The molecule has 0 spiro atoms. The van der Waals surface area contributed by atoms with Crippen LogP contribution in [0.4, 0.5) is 5.69 Å². The molecule has 0 fully saturated rings. The lowest BCUT2D eigenvalue weighted by atomic mass is 10.1. The zero-order chi connectivity index (χ0) is 22.6. The van der Waals surface area contributed by atoms with Gasteiger partial charge in [-0.25, -0.2) is 8.42 Å². The molecule has 8 heteroatoms. The Morgan fingerprint density at radius 3 is 2.38 bits per heavy atom. The van der Waals surface area contributed by atoms with E-state index >= 15 is 0 Å². The van der Waals surface area contributed by atoms with Crippen LogP contribution >= 0.6 is 0 Å². The van der Waals surface area contributed by atoms with Gasteiger partial charge in [-0.05, 0) is 42.8 Å². The molecule has 2 aromatic carbocycles. The Hall–Kier alpha value is -3.65. The molecule has 0 amide bonds. The van der Waals surface area contributed by atoms with Crippen LogP contribution in [0.25, 0.3) is 11.3 Å². The first-order valence-corrected chi connectivity index (χ1v) is 11.7. The number of pyridine rings is 1. The maximum Gasteiger partial charge on any atom is 0.264 e. The van der Waals surface area contributed by atoms with Gasteiger partial charge >= 0.3 is 0 Å². The van der Waals surface area contributed by atoms with E-state index in [4.69, 9.17) is 4.74 Å². The summed E-state index contributed by atoms with van der Waals surface area (Å²) < 4.78 is 36.0. The predicted molar refractivity (Wildman–Crippen MR) is 124 cm³/mol. The van der Waals surface area contributed by atoms with Crippen LogP contribution in [-0.4, -0.2) is 30.3 Å². The molecular formula is C24H24N4O3S. The topological polar surface area (TPSA) is 77.3 Å². The molecule has 164 valence electrons. The minimum Gasteiger partial charge on any atom is -0.497 e. The Kier molecular flexibility index (Phi) is 6.23. The molecule has 4 aromatic rings. The highest BCUT2D eigenvalue weighted by Gasteiger charge is 2.29. The molecule has 2 aromatic heterocycles. The van der Waals surface area contributed by atoms with Crippen LogP contribution in [0.2, 0.25) is 0 Å². The zero-order valence-electron chi connectivity index (χ0n) is 17.9. The second-order valence-corrected chi connectivity index (χ2v) is 9.00. The summed E-state index contributed by atoms with van der Waals surface area (Å²) in [4.78, 5) is 4.32. The normalized spacial score (nSPS) is 11.3. The van der Waals surface area contributed by atoms with Crippen molar-refractivity contribution in [2.45, 2.75) is 24.9 Å². The van der Waals surface area contributed by atoms with E-state index in [0.717, 1.165) is 11.1 Å². The third-order valence-electron chi connectivity index (χ3n) is 5.08. The number of nitrogens with zero attached hydrogens (tertiary/aromatic N) is 4. The molecule has 0 saturated heterocycles. The van der Waals surface area contributed by atoms with Crippen LogP contribution in [0.15, 0.2) is 90.2 Å². The minimum atomic E-state index is -3.91. The number of aryl methyl sites for hydroxylation is 1. The highest BCUT2D eigenvalue weighted by molar-refractivity contribution is 7.92. The first-order chi connectivity index (χ1) is 15.5. The molecule has 4 rings (SSSR count). The maximum atomic E-state index is 13.8. The molecule has 0 bridgehead atoms. The SMILES string of the molecule is CCn1cc(N(Cc2cccnc2)S(=O)(=O)c2ccc(OC)cc2)c(-c2ccccc2)n1. The fourth-order valence-electron chi connectivity index (χ4n) is 3.39. The lowest BCUT2D eigenvalue weighted by Gasteiger charge is -2.24. The van der Waals surface area contributed by atoms with Gasteiger partial charge in [-0.3, -0.25) is 14.0 Å². The summed E-state index contributed by atoms with van der Waals surface area (Å²) in [5.74, 6) is 0.589. The number of sulfonamides is 1. The number of methoxy groups -OCH3 is 1. The quantitative estimate of drug-likeness (QED) is 0.400. The second kappa shape index (κ2) is 9.23. The summed E-state index contributed by atoms with van der Waals surface area (Å²) in [6.07, 6.45) is 5.11. The number of anilines is 1. The molecule has 7 nitrogen and oxygen atoms in total. The molecule has 32 heavy (non-hydrogen) atoms. The monoisotopic (exact) mass is 448 g/mol. The number of hydrogen-bond acceptors (Lipinski definition) is 5. The lowest BCUT2D eigenvalue weighted by Crippen LogP contribution is -2.30. The van der Waals surface area contributed by atoms with Crippen molar-refractivity contribution in [3.63, 3.8) is 0 Å². The fraction of sp³-hybridized carbons (Fsp3) is 0.167. The Bertz CT molecular complexity index is 1270. The molecule has 0 N–H and O–H groups in total. The largest absolute Gasteiger partial charge is 0.497 e. The third-order valence-corrected chi connectivity index (χ3v) is 6.85. The van der Waals surface area contributed by atoms with Gasteiger partial charge in [0.05, 0.1) is 24.2 Å². The van der Waals surface area contributed by atoms with Crippen molar-refractivity contribution in [3.8, 4) is 17.0 Å². The molecule has 0 unspecified atom stereocenters. The molecule has 0 aliphatic heterocycles. The van der Waals surface area contributed by atoms with Crippen molar-refractivity contribution < 1.29 is 13.2 Å². The number of benzene rings is 2. The van der Waals surface area contributed by atoms with E-state index in [0.29, 0.717) is 23.7 Å². The van der Waals surface area contributed by atoms with Crippen molar-refractivity contribution in [3.05, 3.63) is 90.9 Å². The summed E-state index contributed by atoms with van der Waals surface area (Å²) >= 11 is 0. The van der Waals surface area contributed by atoms with Gasteiger partial charge in [0.2, 0.25) is 0 Å². The predicted octanol–water partition coefficient (Wildman–Crippen LogP) is 4.37. The number of aromatic nitrogens is 3. The van der Waals surface area contributed by atoms with E-state index in [-0.39, 0.29) is 11.4 Å². The Morgan fingerprint density at radius 2 is 1.75 bits per heavy atom. The third kappa shape index (κ3) is 4.36. The maximum absolute atomic E-state index is 13.8. The molecular weight excluding hydrogens is 424 g/mol. The highest BCUT2D eigenvalue weighted by Crippen LogP contribution is 2.34. The van der Waals surface area contributed by atoms with Gasteiger partial charge in [0.15, 0.2) is 0 Å². The highest BCUT2D eigenvalue weighted by atomic mass is 32.2. The Balaban J connectivity index is 1.88. The summed E-state index contributed by atoms with van der Waals surface area (Å²) in [5, 5.41) is 4.67. The van der Waals surface area contributed by atoms with Gasteiger partial charge in [-0.15, -0.1) is 0 Å². The summed E-state index contributed by atoms with van der Waals surface area (Å²) in [5.41, 5.74) is 2.73. The summed E-state index contributed by atoms with van der Waals surface area (Å²) in [6, 6.07) is 19.6. The fourth-order valence-corrected chi connectivity index (χ4v) is 4.84. The van der Waals surface area contributed by atoms with Crippen molar-refractivity contribution in [2.24, 2.45) is 0 Å². The van der Waals surface area contributed by atoms with Gasteiger partial charge in [0.25, 0.3) is 10.0 Å². The Labute approximate surface area is 188 Å². The van der Waals surface area contributed by atoms with Crippen molar-refractivity contribution in [2.75, 3.05) is 11.4 Å². The van der Waals surface area contributed by atoms with E-state index in [1.807, 2.05) is 43.3 Å². The van der Waals surface area contributed by atoms with Crippen LogP contribution < -0.4 is 9.04 Å². The van der Waals surface area contributed by atoms with Gasteiger partial charge in [0.1, 0.15) is 11.4 Å². The van der Waals surface area contributed by atoms with Gasteiger partial charge in [-0.2, -0.15) is 5.10 Å². The number of ether oxygens (including phenoxy) is 1. The van der Waals surface area contributed by atoms with E-state index in [2.05, 4.69) is 10.1 Å². The van der Waals surface area contributed by atoms with Gasteiger partial charge in [0, 0.05) is 30.7 Å². The van der Waals surface area contributed by atoms with Crippen LogP contribution in [0.3, 0.4) is 0 Å². The molecule has 0 radical (unpaired) electrons. The van der Waals surface area contributed by atoms with Crippen LogP contribution in [-0.2, 0) is 23.1 Å². The first kappa shape index (κ1) is 21.6. The van der Waals surface area contributed by atoms with E-state index < -0.39 is 10.0 Å². The molecule has 0 aliphatic rings. The lowest BCUT2D eigenvalue weighted by molar-refractivity contribution is 0.414. The molecule has 0 atom stereocenters. The van der Waals surface area contributed by atoms with Crippen molar-refractivity contribution in [1.82, 2.24) is 14.8 Å². The van der Waals surface area contributed by atoms with Crippen LogP contribution in [0.5, 0.6) is 5.75 Å². The first-order valence-electron chi connectivity index (χ1n) is 10.2. The summed E-state index contributed by atoms with van der Waals surface area (Å²) in [7, 11) is -2.36. The average Bonchev–Trinajstić information content (AvgIpc) is 3.28. The van der Waals surface area contributed by atoms with E-state index in [1.165, 1.54) is 4.31 Å². The second-order valence-electron chi connectivity index (χ2n) is 7.13. The average molecular weight is 449 g/mol. The van der Waals surface area contributed by atoms with Crippen LogP contribution in [0, 0.1) is 0 Å². The van der Waals surface area contributed by atoms with Crippen molar-refractivity contribution in [1.29, 1.82) is 0 Å². The zero-order valence-corrected chi connectivity index (χ0v) is 18.7. The van der Waals surface area contributed by atoms with E-state index in [9.17, 15) is 8.42 Å². The van der Waals surface area contributed by atoms with Gasteiger partial charge in [-0.1, -0.05) is 36.4 Å². The smallest absolute Gasteiger partial charge is 0.264 e. The van der Waals surface area contributed by atoms with Gasteiger partial charge < -0.3 is 4.74 Å². The van der Waals surface area contributed by atoms with Crippen molar-refractivity contribution >= 4 is 15.7 Å². The van der Waals surface area contributed by atoms with Crippen LogP contribution in [0.1, 0.15) is 12.5 Å². The Morgan fingerprint density at radius 1 is 1.00 bits per heavy atom. The molecule has 2 heterocycles. The summed E-state index contributed by atoms with van der Waals surface area (Å²) in [6.45, 7) is 2.70. The van der Waals surface area contributed by atoms with E-state index in [1.54, 1.807) is 60.7 Å². The number of rotatable bonds is 8. The molecule has 0 aliphatic carbocycles. The molecule has 0 saturated carbocycles. The number of hydrogen-bond donors (Lipinski definition) is 0. The standard InChI is InChI=1S/C24H24N4O3S/c1-3-27-18-23(24(26-27)20-9-5-4-6-10-20)28(17-19-8-7-15-25-16-19)32(29,30)22-13-11-21(31-2)12-14-22/h4-16,18H,3,17H2,1-2H3.